The summed E-state index contributed by atoms with van der Waals surface area (Å²) < 4.78 is 31.0. The third-order valence-corrected chi connectivity index (χ3v) is 4.70. The van der Waals surface area contributed by atoms with Gasteiger partial charge < -0.3 is 9.84 Å². The zero-order chi connectivity index (χ0) is 16.4. The van der Waals surface area contributed by atoms with Gasteiger partial charge in [-0.1, -0.05) is 11.6 Å². The van der Waals surface area contributed by atoms with Gasteiger partial charge in [-0.15, -0.1) is 0 Å². The van der Waals surface area contributed by atoms with Crippen LogP contribution in [0.1, 0.15) is 24.2 Å². The third-order valence-electron chi connectivity index (χ3n) is 2.57. The smallest absolute Gasteiger partial charge is 0.337 e. The van der Waals surface area contributed by atoms with Gasteiger partial charge in [-0.2, -0.15) is 4.72 Å². The van der Waals surface area contributed by atoms with Gasteiger partial charge in [0.15, 0.2) is 0 Å². The molecule has 1 rings (SSSR count). The first-order chi connectivity index (χ1) is 9.51. The number of esters is 1. The Morgan fingerprint density at radius 1 is 1.33 bits per heavy atom. The van der Waals surface area contributed by atoms with E-state index in [-0.39, 0.29) is 10.6 Å². The molecule has 0 saturated carbocycles. The molecule has 0 saturated heterocycles. The molecule has 7 nitrogen and oxygen atoms in total. The molecule has 0 aliphatic heterocycles. The quantitative estimate of drug-likeness (QED) is 0.784. The summed E-state index contributed by atoms with van der Waals surface area (Å²) in [7, 11) is -3.08. The normalized spacial score (nSPS) is 12.0. The summed E-state index contributed by atoms with van der Waals surface area (Å²) in [6, 6.07) is 3.54. The summed E-state index contributed by atoms with van der Waals surface area (Å²) in [5, 5.41) is 8.83. The van der Waals surface area contributed by atoms with Crippen LogP contribution in [0, 0.1) is 0 Å². The van der Waals surface area contributed by atoms with E-state index < -0.39 is 32.4 Å². The minimum Gasteiger partial charge on any atom is -0.480 e. The van der Waals surface area contributed by atoms with Crippen molar-refractivity contribution in [3.8, 4) is 0 Å². The van der Waals surface area contributed by atoms with Crippen LogP contribution in [0.15, 0.2) is 23.1 Å². The lowest BCUT2D eigenvalue weighted by atomic mass is 10.1. The van der Waals surface area contributed by atoms with Crippen LogP contribution in [0.25, 0.3) is 0 Å². The molecule has 0 aliphatic carbocycles. The van der Waals surface area contributed by atoms with Gasteiger partial charge in [0.05, 0.1) is 17.7 Å². The fraction of sp³-hybridized carbons (Fsp3) is 0.333. The van der Waals surface area contributed by atoms with Crippen molar-refractivity contribution in [3.05, 3.63) is 28.8 Å². The topological polar surface area (TPSA) is 110 Å². The van der Waals surface area contributed by atoms with E-state index in [1.54, 1.807) is 0 Å². The first kappa shape index (κ1) is 17.4. The molecule has 21 heavy (non-hydrogen) atoms. The molecule has 0 aromatic heterocycles. The molecule has 0 fully saturated rings. The number of carbonyl (C=O) groups excluding carboxylic acids is 1. The number of carboxylic acid groups (broad SMARTS) is 1. The predicted molar refractivity (Wildman–Crippen MR) is 74.8 cm³/mol. The molecular formula is C12H14ClNO6S. The Morgan fingerprint density at radius 3 is 2.38 bits per heavy atom. The molecule has 0 radical (unpaired) electrons. The molecule has 0 heterocycles. The van der Waals surface area contributed by atoms with Crippen molar-refractivity contribution in [2.45, 2.75) is 24.3 Å². The summed E-state index contributed by atoms with van der Waals surface area (Å²) in [5.41, 5.74) is -1.75. The molecule has 0 amide bonds. The lowest BCUT2D eigenvalue weighted by molar-refractivity contribution is -0.142. The Balaban J connectivity index is 3.32. The maximum atomic E-state index is 12.2. The summed E-state index contributed by atoms with van der Waals surface area (Å²) in [5.74, 6) is -2.09. The molecule has 1 aromatic rings. The predicted octanol–water partition coefficient (Wildman–Crippen LogP) is 1.27. The van der Waals surface area contributed by atoms with E-state index in [0.29, 0.717) is 0 Å². The van der Waals surface area contributed by atoms with Crippen LogP contribution < -0.4 is 4.72 Å². The highest BCUT2D eigenvalue weighted by Gasteiger charge is 2.34. The van der Waals surface area contributed by atoms with Gasteiger partial charge in [0.2, 0.25) is 10.0 Å². The van der Waals surface area contributed by atoms with Crippen molar-refractivity contribution in [2.24, 2.45) is 0 Å². The number of aliphatic carboxylic acids is 1. The standard InChI is InChI=1S/C12H14ClNO6S/c1-12(2,11(16)17)14-21(18,19)9-6-7(10(15)20-3)4-5-8(9)13/h4-6,14H,1-3H3,(H,16,17). The highest BCUT2D eigenvalue weighted by atomic mass is 35.5. The van der Waals surface area contributed by atoms with E-state index in [1.807, 2.05) is 4.72 Å². The van der Waals surface area contributed by atoms with Crippen LogP contribution in [-0.2, 0) is 19.6 Å². The molecule has 0 aliphatic rings. The Morgan fingerprint density at radius 2 is 1.90 bits per heavy atom. The van der Waals surface area contributed by atoms with Crippen molar-refractivity contribution >= 4 is 33.6 Å². The Labute approximate surface area is 126 Å². The fourth-order valence-electron chi connectivity index (χ4n) is 1.39. The average Bonchev–Trinajstić information content (AvgIpc) is 2.36. The van der Waals surface area contributed by atoms with Crippen molar-refractivity contribution in [1.29, 1.82) is 0 Å². The van der Waals surface area contributed by atoms with Gasteiger partial charge in [-0.3, -0.25) is 4.79 Å². The van der Waals surface area contributed by atoms with Gasteiger partial charge in [0.25, 0.3) is 0 Å². The summed E-state index contributed by atoms with van der Waals surface area (Å²) in [4.78, 5) is 22.0. The summed E-state index contributed by atoms with van der Waals surface area (Å²) in [6.07, 6.45) is 0. The van der Waals surface area contributed by atoms with Crippen LogP contribution in [0.2, 0.25) is 5.02 Å². The SMILES string of the molecule is COC(=O)c1ccc(Cl)c(S(=O)(=O)NC(C)(C)C(=O)O)c1. The fourth-order valence-corrected chi connectivity index (χ4v) is 3.29. The second-order valence-corrected chi connectivity index (χ2v) is 6.73. The summed E-state index contributed by atoms with van der Waals surface area (Å²) in [6.45, 7) is 2.37. The maximum absolute atomic E-state index is 12.2. The number of carboxylic acids is 1. The van der Waals surface area contributed by atoms with Crippen LogP contribution in [0.5, 0.6) is 0 Å². The first-order valence-corrected chi connectivity index (χ1v) is 7.52. The van der Waals surface area contributed by atoms with E-state index in [0.717, 1.165) is 13.2 Å². The average molecular weight is 336 g/mol. The Bertz CT molecular complexity index is 683. The van der Waals surface area contributed by atoms with Crippen molar-refractivity contribution in [2.75, 3.05) is 7.11 Å². The van der Waals surface area contributed by atoms with Crippen LogP contribution in [0.4, 0.5) is 0 Å². The lowest BCUT2D eigenvalue weighted by Crippen LogP contribution is -2.49. The number of halogens is 1. The minimum atomic E-state index is -4.23. The molecule has 1 aromatic carbocycles. The lowest BCUT2D eigenvalue weighted by Gasteiger charge is -2.21. The zero-order valence-electron chi connectivity index (χ0n) is 11.5. The van der Waals surface area contributed by atoms with Crippen molar-refractivity contribution in [1.82, 2.24) is 4.72 Å². The third kappa shape index (κ3) is 3.93. The molecule has 0 spiro atoms. The number of sulfonamides is 1. The van der Waals surface area contributed by atoms with Crippen LogP contribution in [0.3, 0.4) is 0 Å². The van der Waals surface area contributed by atoms with E-state index in [9.17, 15) is 18.0 Å². The Hall–Kier alpha value is -1.64. The first-order valence-electron chi connectivity index (χ1n) is 5.66. The second-order valence-electron chi connectivity index (χ2n) is 4.67. The molecular weight excluding hydrogens is 322 g/mol. The van der Waals surface area contributed by atoms with Crippen molar-refractivity contribution < 1.29 is 27.9 Å². The molecule has 9 heteroatoms. The van der Waals surface area contributed by atoms with E-state index in [1.165, 1.54) is 26.0 Å². The highest BCUT2D eigenvalue weighted by molar-refractivity contribution is 7.89. The zero-order valence-corrected chi connectivity index (χ0v) is 13.1. The van der Waals surface area contributed by atoms with Crippen LogP contribution >= 0.6 is 11.6 Å². The molecule has 2 N–H and O–H groups in total. The van der Waals surface area contributed by atoms with Gasteiger partial charge in [0, 0.05) is 0 Å². The molecule has 0 bridgehead atoms. The second kappa shape index (κ2) is 6.00. The number of hydrogen-bond acceptors (Lipinski definition) is 5. The van der Waals surface area contributed by atoms with Gasteiger partial charge in [0.1, 0.15) is 10.4 Å². The van der Waals surface area contributed by atoms with Crippen molar-refractivity contribution in [3.63, 3.8) is 0 Å². The van der Waals surface area contributed by atoms with E-state index >= 15 is 0 Å². The largest absolute Gasteiger partial charge is 0.480 e. The number of nitrogens with one attached hydrogen (secondary N) is 1. The van der Waals surface area contributed by atoms with Gasteiger partial charge >= 0.3 is 11.9 Å². The molecule has 0 unspecified atom stereocenters. The summed E-state index contributed by atoms with van der Waals surface area (Å²) >= 11 is 5.82. The van der Waals surface area contributed by atoms with E-state index in [2.05, 4.69) is 4.74 Å². The number of ether oxygens (including phenoxy) is 1. The number of benzene rings is 1. The van der Waals surface area contributed by atoms with E-state index in [4.69, 9.17) is 16.7 Å². The Kier molecular flexibility index (Phi) is 4.98. The van der Waals surface area contributed by atoms with Gasteiger partial charge in [-0.25, -0.2) is 13.2 Å². The number of carbonyl (C=O) groups is 2. The van der Waals surface area contributed by atoms with Crippen LogP contribution in [-0.4, -0.2) is 38.1 Å². The monoisotopic (exact) mass is 335 g/mol. The molecule has 0 atom stereocenters. The van der Waals surface area contributed by atoms with Gasteiger partial charge in [-0.05, 0) is 32.0 Å². The molecule has 116 valence electrons. The minimum absolute atomic E-state index is 0.0181. The number of methoxy groups -OCH3 is 1. The maximum Gasteiger partial charge on any atom is 0.337 e. The number of hydrogen-bond donors (Lipinski definition) is 2. The number of rotatable bonds is 5. The highest BCUT2D eigenvalue weighted by Crippen LogP contribution is 2.24.